The van der Waals surface area contributed by atoms with Crippen LogP contribution in [0.3, 0.4) is 0 Å². The number of carbonyl (C=O) groups is 1. The van der Waals surface area contributed by atoms with Crippen LogP contribution in [0, 0.1) is 19.7 Å². The van der Waals surface area contributed by atoms with Crippen LogP contribution in [0.4, 0.5) is 4.39 Å². The lowest BCUT2D eigenvalue weighted by Crippen LogP contribution is -1.99. The van der Waals surface area contributed by atoms with Crippen LogP contribution in [0.25, 0.3) is 0 Å². The van der Waals surface area contributed by atoms with E-state index in [1.165, 1.54) is 35.9 Å². The molecule has 0 saturated heterocycles. The van der Waals surface area contributed by atoms with Crippen LogP contribution < -0.4 is 0 Å². The zero-order chi connectivity index (χ0) is 14.0. The highest BCUT2D eigenvalue weighted by Gasteiger charge is 2.13. The maximum Gasteiger partial charge on any atom is 0.163 e. The van der Waals surface area contributed by atoms with E-state index in [9.17, 15) is 9.18 Å². The molecule has 19 heavy (non-hydrogen) atoms. The third-order valence-electron chi connectivity index (χ3n) is 3.03. The Hall–Kier alpha value is -1.61. The van der Waals surface area contributed by atoms with E-state index in [0.717, 1.165) is 4.90 Å². The van der Waals surface area contributed by atoms with E-state index in [1.807, 2.05) is 26.0 Å². The van der Waals surface area contributed by atoms with Gasteiger partial charge < -0.3 is 0 Å². The van der Waals surface area contributed by atoms with E-state index < -0.39 is 5.82 Å². The molecule has 0 aliphatic carbocycles. The fraction of sp³-hybridized carbons (Fsp3) is 0.188. The van der Waals surface area contributed by atoms with E-state index in [-0.39, 0.29) is 11.3 Å². The predicted octanol–water partition coefficient (Wildman–Crippen LogP) is 4.80. The number of ketones is 1. The molecule has 0 bridgehead atoms. The Kier molecular flexibility index (Phi) is 4.05. The first-order valence-corrected chi connectivity index (χ1v) is 6.85. The molecule has 0 unspecified atom stereocenters. The van der Waals surface area contributed by atoms with Crippen LogP contribution in [-0.2, 0) is 0 Å². The van der Waals surface area contributed by atoms with Crippen molar-refractivity contribution in [2.45, 2.75) is 30.6 Å². The zero-order valence-electron chi connectivity index (χ0n) is 11.2. The molecule has 0 saturated carbocycles. The van der Waals surface area contributed by atoms with Crippen molar-refractivity contribution >= 4 is 17.5 Å². The van der Waals surface area contributed by atoms with Gasteiger partial charge in [0.2, 0.25) is 0 Å². The number of aryl methyl sites for hydroxylation is 2. The average molecular weight is 274 g/mol. The third-order valence-corrected chi connectivity index (χ3v) is 4.08. The minimum Gasteiger partial charge on any atom is -0.294 e. The minimum atomic E-state index is -0.457. The van der Waals surface area contributed by atoms with Gasteiger partial charge >= 0.3 is 0 Å². The van der Waals surface area contributed by atoms with Crippen molar-refractivity contribution in [2.75, 3.05) is 0 Å². The maximum absolute atomic E-state index is 13.7. The van der Waals surface area contributed by atoms with Gasteiger partial charge in [0.15, 0.2) is 5.78 Å². The summed E-state index contributed by atoms with van der Waals surface area (Å²) < 4.78 is 13.7. The molecular formula is C16H15FOS. The summed E-state index contributed by atoms with van der Waals surface area (Å²) in [5.74, 6) is -0.703. The van der Waals surface area contributed by atoms with Gasteiger partial charge in [-0.1, -0.05) is 23.9 Å². The number of benzene rings is 2. The second-order valence-electron chi connectivity index (χ2n) is 4.52. The maximum atomic E-state index is 13.7. The van der Waals surface area contributed by atoms with Crippen molar-refractivity contribution in [1.82, 2.24) is 0 Å². The van der Waals surface area contributed by atoms with Crippen LogP contribution in [0.2, 0.25) is 0 Å². The summed E-state index contributed by atoms with van der Waals surface area (Å²) in [7, 11) is 0. The molecule has 0 atom stereocenters. The van der Waals surface area contributed by atoms with Crippen LogP contribution >= 0.6 is 11.8 Å². The molecule has 0 aromatic heterocycles. The average Bonchev–Trinajstić information content (AvgIpc) is 2.33. The molecule has 98 valence electrons. The predicted molar refractivity (Wildman–Crippen MR) is 76.4 cm³/mol. The number of halogens is 1. The topological polar surface area (TPSA) is 17.1 Å². The second-order valence-corrected chi connectivity index (χ2v) is 5.63. The third kappa shape index (κ3) is 3.04. The Morgan fingerprint density at radius 1 is 1.11 bits per heavy atom. The summed E-state index contributed by atoms with van der Waals surface area (Å²) in [6.45, 7) is 5.48. The first-order valence-electron chi connectivity index (χ1n) is 6.03. The van der Waals surface area contributed by atoms with Crippen molar-refractivity contribution in [3.05, 3.63) is 58.9 Å². The van der Waals surface area contributed by atoms with Crippen molar-refractivity contribution in [3.8, 4) is 0 Å². The van der Waals surface area contributed by atoms with Gasteiger partial charge in [0.05, 0.1) is 5.56 Å². The van der Waals surface area contributed by atoms with Gasteiger partial charge in [-0.3, -0.25) is 4.79 Å². The quantitative estimate of drug-likeness (QED) is 0.748. The lowest BCUT2D eigenvalue weighted by Gasteiger charge is -2.09. The molecule has 0 heterocycles. The molecule has 0 N–H and O–H groups in total. The van der Waals surface area contributed by atoms with Gasteiger partial charge in [-0.25, -0.2) is 4.39 Å². The van der Waals surface area contributed by atoms with Crippen molar-refractivity contribution in [2.24, 2.45) is 0 Å². The summed E-state index contributed by atoms with van der Waals surface area (Å²) in [5, 5.41) is 0. The first-order chi connectivity index (χ1) is 8.99. The molecule has 0 fully saturated rings. The number of rotatable bonds is 3. The Morgan fingerprint density at radius 3 is 2.47 bits per heavy atom. The molecule has 0 aliphatic heterocycles. The summed E-state index contributed by atoms with van der Waals surface area (Å²) in [4.78, 5) is 13.2. The van der Waals surface area contributed by atoms with Crippen molar-refractivity contribution < 1.29 is 9.18 Å². The van der Waals surface area contributed by atoms with Crippen molar-refractivity contribution in [3.63, 3.8) is 0 Å². The van der Waals surface area contributed by atoms with Gasteiger partial charge in [0.25, 0.3) is 0 Å². The number of Topliss-reactive ketones (excluding diaryl/α,β-unsaturated/α-hetero) is 1. The molecule has 0 amide bonds. The van der Waals surface area contributed by atoms with Crippen LogP contribution in [0.15, 0.2) is 46.2 Å². The Labute approximate surface area is 116 Å². The Balaban J connectivity index is 2.40. The molecule has 0 aliphatic rings. The van der Waals surface area contributed by atoms with E-state index in [2.05, 4.69) is 6.07 Å². The highest BCUT2D eigenvalue weighted by atomic mass is 32.2. The second kappa shape index (κ2) is 5.57. The number of hydrogen-bond donors (Lipinski definition) is 0. The smallest absolute Gasteiger partial charge is 0.163 e. The Bertz CT molecular complexity index is 635. The van der Waals surface area contributed by atoms with Crippen LogP contribution in [-0.4, -0.2) is 5.78 Å². The highest BCUT2D eigenvalue weighted by Crippen LogP contribution is 2.32. The van der Waals surface area contributed by atoms with Gasteiger partial charge in [-0.2, -0.15) is 0 Å². The van der Waals surface area contributed by atoms with Crippen LogP contribution in [0.5, 0.6) is 0 Å². The summed E-state index contributed by atoms with van der Waals surface area (Å²) in [6, 6.07) is 10.8. The van der Waals surface area contributed by atoms with E-state index >= 15 is 0 Å². The SMILES string of the molecule is CC(=O)c1c(F)cccc1Sc1ccc(C)c(C)c1. The molecule has 2 aromatic rings. The fourth-order valence-electron chi connectivity index (χ4n) is 1.84. The monoisotopic (exact) mass is 274 g/mol. The molecule has 2 rings (SSSR count). The molecule has 1 nitrogen and oxygen atoms in total. The number of hydrogen-bond acceptors (Lipinski definition) is 2. The fourth-order valence-corrected chi connectivity index (χ4v) is 2.95. The van der Waals surface area contributed by atoms with E-state index in [4.69, 9.17) is 0 Å². The van der Waals surface area contributed by atoms with Gasteiger partial charge in [0.1, 0.15) is 5.82 Å². The van der Waals surface area contributed by atoms with E-state index in [0.29, 0.717) is 4.90 Å². The summed E-state index contributed by atoms with van der Waals surface area (Å²) >= 11 is 1.42. The molecule has 3 heteroatoms. The first kappa shape index (κ1) is 13.8. The summed E-state index contributed by atoms with van der Waals surface area (Å²) in [6.07, 6.45) is 0. The Morgan fingerprint density at radius 2 is 1.84 bits per heavy atom. The number of carbonyl (C=O) groups excluding carboxylic acids is 1. The zero-order valence-corrected chi connectivity index (χ0v) is 12.0. The van der Waals surface area contributed by atoms with E-state index in [1.54, 1.807) is 12.1 Å². The standard InChI is InChI=1S/C16H15FOS/c1-10-7-8-13(9-11(10)2)19-15-6-4-5-14(17)16(15)12(3)18/h4-9H,1-3H3. The van der Waals surface area contributed by atoms with Gasteiger partial charge in [0, 0.05) is 9.79 Å². The van der Waals surface area contributed by atoms with Gasteiger partial charge in [-0.15, -0.1) is 0 Å². The molecule has 0 radical (unpaired) electrons. The molecule has 0 spiro atoms. The largest absolute Gasteiger partial charge is 0.294 e. The lowest BCUT2D eigenvalue weighted by atomic mass is 10.1. The van der Waals surface area contributed by atoms with Crippen molar-refractivity contribution in [1.29, 1.82) is 0 Å². The molecular weight excluding hydrogens is 259 g/mol. The van der Waals surface area contributed by atoms with Gasteiger partial charge in [-0.05, 0) is 56.2 Å². The lowest BCUT2D eigenvalue weighted by molar-refractivity contribution is 0.101. The van der Waals surface area contributed by atoms with Crippen LogP contribution in [0.1, 0.15) is 28.4 Å². The summed E-state index contributed by atoms with van der Waals surface area (Å²) in [5.41, 5.74) is 2.58. The molecule has 2 aromatic carbocycles. The normalized spacial score (nSPS) is 10.5. The highest BCUT2D eigenvalue weighted by molar-refractivity contribution is 7.99. The minimum absolute atomic E-state index is 0.172.